The van der Waals surface area contributed by atoms with E-state index in [9.17, 15) is 4.21 Å². The summed E-state index contributed by atoms with van der Waals surface area (Å²) in [5.41, 5.74) is 0. The van der Waals surface area contributed by atoms with E-state index in [4.69, 9.17) is 0 Å². The van der Waals surface area contributed by atoms with Gasteiger partial charge in [-0.1, -0.05) is 20.3 Å². The molecule has 0 aliphatic carbocycles. The molecule has 1 heterocycles. The van der Waals surface area contributed by atoms with Gasteiger partial charge in [-0.2, -0.15) is 0 Å². The molecule has 48 valence electrons. The second-order valence-corrected chi connectivity index (χ2v) is 4.26. The van der Waals surface area contributed by atoms with Crippen LogP contribution in [0.1, 0.15) is 20.3 Å². The van der Waals surface area contributed by atoms with Crippen molar-refractivity contribution in [2.24, 2.45) is 5.92 Å². The van der Waals surface area contributed by atoms with Crippen LogP contribution < -0.4 is 0 Å². The topological polar surface area (TPSA) is 17.1 Å². The van der Waals surface area contributed by atoms with E-state index in [0.717, 1.165) is 11.7 Å². The molecular formula is C6H12OS. The Balaban J connectivity index is 2.35. The van der Waals surface area contributed by atoms with Gasteiger partial charge in [-0.15, -0.1) is 0 Å². The second-order valence-electron chi connectivity index (χ2n) is 2.42. The molecule has 0 saturated carbocycles. The molecule has 1 fully saturated rings. The summed E-state index contributed by atoms with van der Waals surface area (Å²) < 4.78 is 10.7. The van der Waals surface area contributed by atoms with Crippen molar-refractivity contribution in [3.8, 4) is 0 Å². The van der Waals surface area contributed by atoms with Crippen molar-refractivity contribution < 1.29 is 4.21 Å². The van der Waals surface area contributed by atoms with E-state index in [-0.39, 0.29) is 0 Å². The van der Waals surface area contributed by atoms with Gasteiger partial charge in [0.1, 0.15) is 0 Å². The van der Waals surface area contributed by atoms with Crippen LogP contribution in [0, 0.1) is 5.92 Å². The SMILES string of the molecule is CCC1CS(=O)C1C. The van der Waals surface area contributed by atoms with Crippen LogP contribution in [0.2, 0.25) is 0 Å². The molecule has 3 unspecified atom stereocenters. The normalized spacial score (nSPS) is 46.0. The van der Waals surface area contributed by atoms with Crippen LogP contribution in [0.5, 0.6) is 0 Å². The van der Waals surface area contributed by atoms with Crippen LogP contribution in [0.3, 0.4) is 0 Å². The molecule has 1 aliphatic heterocycles. The van der Waals surface area contributed by atoms with Gasteiger partial charge in [0.05, 0.1) is 0 Å². The van der Waals surface area contributed by atoms with Gasteiger partial charge in [0.25, 0.3) is 0 Å². The molecule has 0 N–H and O–H groups in total. The van der Waals surface area contributed by atoms with Crippen LogP contribution in [0.4, 0.5) is 0 Å². The molecule has 0 bridgehead atoms. The van der Waals surface area contributed by atoms with Crippen molar-refractivity contribution in [1.82, 2.24) is 0 Å². The fourth-order valence-corrected chi connectivity index (χ4v) is 2.65. The molecule has 2 heteroatoms. The first-order valence-electron chi connectivity index (χ1n) is 3.13. The van der Waals surface area contributed by atoms with Crippen LogP contribution >= 0.6 is 0 Å². The highest BCUT2D eigenvalue weighted by molar-refractivity contribution is 7.87. The maximum Gasteiger partial charge on any atom is 0.0356 e. The molecule has 0 spiro atoms. The summed E-state index contributed by atoms with van der Waals surface area (Å²) in [5, 5.41) is 0.486. The standard InChI is InChI=1S/C6H12OS/c1-3-6-4-8(7)5(6)2/h5-6H,3-4H2,1-2H3. The Hall–Kier alpha value is 0.150. The minimum Gasteiger partial charge on any atom is -0.259 e. The van der Waals surface area contributed by atoms with E-state index in [2.05, 4.69) is 13.8 Å². The Bertz CT molecular complexity index is 111. The lowest BCUT2D eigenvalue weighted by atomic mass is 10.1. The Morgan fingerprint density at radius 3 is 2.50 bits per heavy atom. The number of hydrogen-bond acceptors (Lipinski definition) is 1. The lowest BCUT2D eigenvalue weighted by molar-refractivity contribution is 0.497. The van der Waals surface area contributed by atoms with Crippen molar-refractivity contribution in [3.63, 3.8) is 0 Å². The third-order valence-corrected chi connectivity index (χ3v) is 3.95. The van der Waals surface area contributed by atoms with E-state index in [1.165, 1.54) is 6.42 Å². The van der Waals surface area contributed by atoms with E-state index >= 15 is 0 Å². The molecule has 1 rings (SSSR count). The van der Waals surface area contributed by atoms with Crippen molar-refractivity contribution in [1.29, 1.82) is 0 Å². The van der Waals surface area contributed by atoms with E-state index < -0.39 is 10.8 Å². The van der Waals surface area contributed by atoms with Gasteiger partial charge in [0.15, 0.2) is 0 Å². The summed E-state index contributed by atoms with van der Waals surface area (Å²) in [6.07, 6.45) is 1.20. The Kier molecular flexibility index (Phi) is 1.71. The minimum absolute atomic E-state index is 0.467. The summed E-state index contributed by atoms with van der Waals surface area (Å²) in [6.45, 7) is 4.24. The summed E-state index contributed by atoms with van der Waals surface area (Å²) in [7, 11) is -0.467. The highest BCUT2D eigenvalue weighted by Gasteiger charge is 2.32. The Morgan fingerprint density at radius 1 is 1.75 bits per heavy atom. The Labute approximate surface area is 52.9 Å². The molecule has 1 saturated heterocycles. The predicted molar refractivity (Wildman–Crippen MR) is 36.3 cm³/mol. The molecule has 8 heavy (non-hydrogen) atoms. The van der Waals surface area contributed by atoms with Crippen LogP contribution in [-0.4, -0.2) is 15.2 Å². The monoisotopic (exact) mass is 132 g/mol. The molecule has 0 aromatic rings. The lowest BCUT2D eigenvalue weighted by Crippen LogP contribution is -2.39. The highest BCUT2D eigenvalue weighted by atomic mass is 32.2. The molecule has 1 aliphatic rings. The molecular weight excluding hydrogens is 120 g/mol. The van der Waals surface area contributed by atoms with Crippen LogP contribution in [0.15, 0.2) is 0 Å². The molecule has 0 aromatic heterocycles. The first-order valence-corrected chi connectivity index (χ1v) is 4.51. The molecule has 0 amide bonds. The first-order chi connectivity index (χ1) is 3.75. The summed E-state index contributed by atoms with van der Waals surface area (Å²) in [5.74, 6) is 1.72. The van der Waals surface area contributed by atoms with E-state index in [1.54, 1.807) is 0 Å². The molecule has 3 atom stereocenters. The van der Waals surface area contributed by atoms with Crippen molar-refractivity contribution >= 4 is 10.8 Å². The average molecular weight is 132 g/mol. The third kappa shape index (κ3) is 0.815. The van der Waals surface area contributed by atoms with Crippen molar-refractivity contribution in [2.45, 2.75) is 25.5 Å². The summed E-state index contributed by atoms with van der Waals surface area (Å²) in [4.78, 5) is 0. The fourth-order valence-electron chi connectivity index (χ4n) is 1.04. The number of hydrogen-bond donors (Lipinski definition) is 0. The van der Waals surface area contributed by atoms with Gasteiger partial charge in [-0.25, -0.2) is 0 Å². The Morgan fingerprint density at radius 2 is 2.38 bits per heavy atom. The quantitative estimate of drug-likeness (QED) is 0.523. The van der Waals surface area contributed by atoms with Crippen molar-refractivity contribution in [2.75, 3.05) is 5.75 Å². The molecule has 0 radical (unpaired) electrons. The van der Waals surface area contributed by atoms with E-state index in [0.29, 0.717) is 5.25 Å². The zero-order chi connectivity index (χ0) is 6.15. The summed E-state index contributed by atoms with van der Waals surface area (Å²) >= 11 is 0. The number of rotatable bonds is 1. The maximum atomic E-state index is 10.7. The average Bonchev–Trinajstić information content (AvgIpc) is 1.81. The van der Waals surface area contributed by atoms with Gasteiger partial charge >= 0.3 is 0 Å². The van der Waals surface area contributed by atoms with Gasteiger partial charge in [-0.05, 0) is 5.92 Å². The molecule has 0 aromatic carbocycles. The third-order valence-electron chi connectivity index (χ3n) is 1.98. The fraction of sp³-hybridized carbons (Fsp3) is 1.00. The molecule has 1 nitrogen and oxygen atoms in total. The predicted octanol–water partition coefficient (Wildman–Crippen LogP) is 1.16. The maximum absolute atomic E-state index is 10.7. The van der Waals surface area contributed by atoms with Crippen LogP contribution in [0.25, 0.3) is 0 Å². The minimum atomic E-state index is -0.467. The van der Waals surface area contributed by atoms with E-state index in [1.807, 2.05) is 0 Å². The van der Waals surface area contributed by atoms with Crippen LogP contribution in [-0.2, 0) is 10.8 Å². The zero-order valence-electron chi connectivity index (χ0n) is 5.39. The highest BCUT2D eigenvalue weighted by Crippen LogP contribution is 2.25. The smallest absolute Gasteiger partial charge is 0.0356 e. The zero-order valence-corrected chi connectivity index (χ0v) is 6.20. The summed E-state index contributed by atoms with van der Waals surface area (Å²) in [6, 6.07) is 0. The van der Waals surface area contributed by atoms with Gasteiger partial charge in [0, 0.05) is 21.8 Å². The van der Waals surface area contributed by atoms with Gasteiger partial charge < -0.3 is 0 Å². The van der Waals surface area contributed by atoms with Crippen molar-refractivity contribution in [3.05, 3.63) is 0 Å². The van der Waals surface area contributed by atoms with Gasteiger partial charge in [0.2, 0.25) is 0 Å². The lowest BCUT2D eigenvalue weighted by Gasteiger charge is -2.31. The largest absolute Gasteiger partial charge is 0.259 e. The second kappa shape index (κ2) is 2.18. The first kappa shape index (κ1) is 6.27. The van der Waals surface area contributed by atoms with Gasteiger partial charge in [-0.3, -0.25) is 4.21 Å².